The molecule has 27 heavy (non-hydrogen) atoms. The standard InChI is InChI=1S/C18H19FN6OS/c19-13-5-3-12(4-6-13)16-20-15(23-26-16)11-27-18-22-21-17(24-9-1-2-10-24)25(18)14-7-8-14/h3-6,14H,1-2,7-11H2. The molecule has 0 spiro atoms. The summed E-state index contributed by atoms with van der Waals surface area (Å²) in [6.07, 6.45) is 4.80. The van der Waals surface area contributed by atoms with Gasteiger partial charge in [-0.25, -0.2) is 4.39 Å². The van der Waals surface area contributed by atoms with Crippen LogP contribution >= 0.6 is 11.8 Å². The Bertz CT molecular complexity index is 930. The summed E-state index contributed by atoms with van der Waals surface area (Å²) in [4.78, 5) is 6.74. The largest absolute Gasteiger partial charge is 0.341 e. The molecule has 140 valence electrons. The fraction of sp³-hybridized carbons (Fsp3) is 0.444. The first-order chi connectivity index (χ1) is 13.3. The number of hydrogen-bond donors (Lipinski definition) is 0. The van der Waals surface area contributed by atoms with E-state index in [0.29, 0.717) is 29.1 Å². The average molecular weight is 386 g/mol. The van der Waals surface area contributed by atoms with Crippen LogP contribution in [0.15, 0.2) is 33.9 Å². The molecule has 1 saturated carbocycles. The summed E-state index contributed by atoms with van der Waals surface area (Å²) in [5.41, 5.74) is 0.706. The quantitative estimate of drug-likeness (QED) is 0.598. The van der Waals surface area contributed by atoms with E-state index in [0.717, 1.165) is 24.2 Å². The lowest BCUT2D eigenvalue weighted by Gasteiger charge is -2.17. The van der Waals surface area contributed by atoms with Gasteiger partial charge in [-0.3, -0.25) is 4.57 Å². The zero-order valence-electron chi connectivity index (χ0n) is 14.7. The predicted octanol–water partition coefficient (Wildman–Crippen LogP) is 3.69. The second-order valence-corrected chi connectivity index (χ2v) is 7.83. The molecule has 9 heteroatoms. The second kappa shape index (κ2) is 6.95. The lowest BCUT2D eigenvalue weighted by molar-refractivity contribution is 0.425. The number of benzene rings is 1. The molecule has 0 amide bonds. The van der Waals surface area contributed by atoms with Gasteiger partial charge >= 0.3 is 0 Å². The highest BCUT2D eigenvalue weighted by molar-refractivity contribution is 7.98. The number of halogens is 1. The molecular weight excluding hydrogens is 367 g/mol. The Morgan fingerprint density at radius 1 is 1.11 bits per heavy atom. The van der Waals surface area contributed by atoms with Crippen molar-refractivity contribution < 1.29 is 8.91 Å². The monoisotopic (exact) mass is 386 g/mol. The summed E-state index contributed by atoms with van der Waals surface area (Å²) in [6, 6.07) is 6.54. The number of aromatic nitrogens is 5. The van der Waals surface area contributed by atoms with E-state index in [-0.39, 0.29) is 5.82 Å². The molecule has 1 aliphatic carbocycles. The van der Waals surface area contributed by atoms with Crippen molar-refractivity contribution in [3.63, 3.8) is 0 Å². The molecule has 2 fully saturated rings. The van der Waals surface area contributed by atoms with Gasteiger partial charge in [0.1, 0.15) is 5.82 Å². The van der Waals surface area contributed by atoms with Gasteiger partial charge in [0.05, 0.1) is 5.75 Å². The summed E-state index contributed by atoms with van der Waals surface area (Å²) in [5.74, 6) is 2.24. The molecule has 0 unspecified atom stereocenters. The lowest BCUT2D eigenvalue weighted by Crippen LogP contribution is -2.22. The Morgan fingerprint density at radius 3 is 2.63 bits per heavy atom. The minimum Gasteiger partial charge on any atom is -0.341 e. The van der Waals surface area contributed by atoms with Gasteiger partial charge in [-0.05, 0) is 49.9 Å². The summed E-state index contributed by atoms with van der Waals surface area (Å²) in [5, 5.41) is 13.8. The number of nitrogens with zero attached hydrogens (tertiary/aromatic N) is 6. The van der Waals surface area contributed by atoms with Crippen LogP contribution in [0, 0.1) is 5.82 Å². The highest BCUT2D eigenvalue weighted by atomic mass is 32.2. The number of anilines is 1. The van der Waals surface area contributed by atoms with Crippen LogP contribution in [-0.2, 0) is 5.75 Å². The highest BCUT2D eigenvalue weighted by Crippen LogP contribution is 2.41. The maximum absolute atomic E-state index is 13.0. The van der Waals surface area contributed by atoms with Crippen LogP contribution in [0.25, 0.3) is 11.5 Å². The van der Waals surface area contributed by atoms with Crippen LogP contribution in [0.1, 0.15) is 37.5 Å². The Balaban J connectivity index is 1.31. The minimum atomic E-state index is -0.290. The molecule has 3 aromatic rings. The van der Waals surface area contributed by atoms with Crippen LogP contribution < -0.4 is 4.90 Å². The first kappa shape index (κ1) is 16.7. The van der Waals surface area contributed by atoms with Gasteiger partial charge in [0.2, 0.25) is 5.95 Å². The van der Waals surface area contributed by atoms with E-state index in [4.69, 9.17) is 4.52 Å². The molecule has 0 atom stereocenters. The van der Waals surface area contributed by atoms with Crippen LogP contribution in [-0.4, -0.2) is 38.0 Å². The van der Waals surface area contributed by atoms with E-state index in [9.17, 15) is 4.39 Å². The molecule has 0 radical (unpaired) electrons. The first-order valence-electron chi connectivity index (χ1n) is 9.19. The normalized spacial score (nSPS) is 17.0. The zero-order chi connectivity index (χ0) is 18.2. The Kier molecular flexibility index (Phi) is 4.31. The van der Waals surface area contributed by atoms with E-state index in [2.05, 4.69) is 29.8 Å². The maximum Gasteiger partial charge on any atom is 0.257 e. The second-order valence-electron chi connectivity index (χ2n) is 6.89. The predicted molar refractivity (Wildman–Crippen MR) is 99.0 cm³/mol. The van der Waals surface area contributed by atoms with E-state index in [1.54, 1.807) is 23.9 Å². The topological polar surface area (TPSA) is 72.9 Å². The molecule has 0 N–H and O–H groups in total. The highest BCUT2D eigenvalue weighted by Gasteiger charge is 2.32. The summed E-state index contributed by atoms with van der Waals surface area (Å²) in [7, 11) is 0. The summed E-state index contributed by atoms with van der Waals surface area (Å²) < 4.78 is 20.6. The molecule has 0 bridgehead atoms. The average Bonchev–Trinajstić information content (AvgIpc) is 3.10. The van der Waals surface area contributed by atoms with Crippen molar-refractivity contribution in [3.8, 4) is 11.5 Å². The van der Waals surface area contributed by atoms with Gasteiger partial charge in [-0.15, -0.1) is 10.2 Å². The molecule has 2 aliphatic rings. The van der Waals surface area contributed by atoms with Gasteiger partial charge in [0.15, 0.2) is 11.0 Å². The molecule has 7 nitrogen and oxygen atoms in total. The fourth-order valence-electron chi connectivity index (χ4n) is 3.30. The molecule has 1 aliphatic heterocycles. The van der Waals surface area contributed by atoms with E-state index in [1.807, 2.05) is 0 Å². The van der Waals surface area contributed by atoms with Gasteiger partial charge in [-0.1, -0.05) is 16.9 Å². The summed E-state index contributed by atoms with van der Waals surface area (Å²) >= 11 is 1.58. The van der Waals surface area contributed by atoms with E-state index >= 15 is 0 Å². The van der Waals surface area contributed by atoms with Crippen LogP contribution in [0.2, 0.25) is 0 Å². The number of hydrogen-bond acceptors (Lipinski definition) is 7. The van der Waals surface area contributed by atoms with Crippen molar-refractivity contribution in [1.82, 2.24) is 24.9 Å². The van der Waals surface area contributed by atoms with Crippen molar-refractivity contribution in [1.29, 1.82) is 0 Å². The minimum absolute atomic E-state index is 0.290. The third-order valence-corrected chi connectivity index (χ3v) is 5.78. The first-order valence-corrected chi connectivity index (χ1v) is 10.2. The third-order valence-electron chi connectivity index (χ3n) is 4.84. The molecular formula is C18H19FN6OS. The Labute approximate surface area is 160 Å². The summed E-state index contributed by atoms with van der Waals surface area (Å²) in [6.45, 7) is 2.11. The molecule has 1 saturated heterocycles. The van der Waals surface area contributed by atoms with E-state index < -0.39 is 0 Å². The van der Waals surface area contributed by atoms with Crippen molar-refractivity contribution in [2.45, 2.75) is 42.6 Å². The fourth-order valence-corrected chi connectivity index (χ4v) is 4.15. The lowest BCUT2D eigenvalue weighted by atomic mass is 10.2. The number of thioether (sulfide) groups is 1. The Hall–Kier alpha value is -2.42. The zero-order valence-corrected chi connectivity index (χ0v) is 15.5. The van der Waals surface area contributed by atoms with Crippen LogP contribution in [0.5, 0.6) is 0 Å². The SMILES string of the molecule is Fc1ccc(-c2nc(CSc3nnc(N4CCCC4)n3C3CC3)no2)cc1. The van der Waals surface area contributed by atoms with Gasteiger partial charge in [-0.2, -0.15) is 4.98 Å². The van der Waals surface area contributed by atoms with Crippen LogP contribution in [0.3, 0.4) is 0 Å². The van der Waals surface area contributed by atoms with Gasteiger partial charge in [0.25, 0.3) is 5.89 Å². The van der Waals surface area contributed by atoms with Crippen molar-refractivity contribution in [2.75, 3.05) is 18.0 Å². The van der Waals surface area contributed by atoms with Crippen molar-refractivity contribution >= 4 is 17.7 Å². The molecule has 5 rings (SSSR count). The van der Waals surface area contributed by atoms with Gasteiger partial charge < -0.3 is 9.42 Å². The van der Waals surface area contributed by atoms with E-state index in [1.165, 1.54) is 37.8 Å². The smallest absolute Gasteiger partial charge is 0.257 e. The van der Waals surface area contributed by atoms with Crippen molar-refractivity contribution in [3.05, 3.63) is 35.9 Å². The molecule has 2 aromatic heterocycles. The van der Waals surface area contributed by atoms with Crippen LogP contribution in [0.4, 0.5) is 10.3 Å². The number of rotatable bonds is 6. The third kappa shape index (κ3) is 3.43. The molecule has 1 aromatic carbocycles. The van der Waals surface area contributed by atoms with Crippen molar-refractivity contribution in [2.24, 2.45) is 0 Å². The molecule has 3 heterocycles. The van der Waals surface area contributed by atoms with Gasteiger partial charge in [0, 0.05) is 24.7 Å². The Morgan fingerprint density at radius 2 is 1.89 bits per heavy atom. The maximum atomic E-state index is 13.0.